The molecule has 1 aliphatic rings. The number of nitrogens with one attached hydrogen (secondary N) is 2. The average molecular weight is 500 g/mol. The Morgan fingerprint density at radius 1 is 1.12 bits per heavy atom. The Hall–Kier alpha value is -2.66. The third kappa shape index (κ3) is 5.05. The lowest BCUT2D eigenvalue weighted by molar-refractivity contribution is -0.140. The first-order valence-corrected chi connectivity index (χ1v) is 12.3. The maximum atomic E-state index is 15.2. The smallest absolute Gasteiger partial charge is 0.347 e. The number of halogens is 4. The second kappa shape index (κ2) is 8.23. The van der Waals surface area contributed by atoms with E-state index in [4.69, 9.17) is 0 Å². The minimum absolute atomic E-state index is 0.0578. The Kier molecular flexibility index (Phi) is 5.92. The number of fused-ring (bicyclic) bond motifs is 1. The first-order chi connectivity index (χ1) is 15.7. The number of benzene rings is 1. The number of pyridine rings is 1. The summed E-state index contributed by atoms with van der Waals surface area (Å²) in [5, 5.41) is -0.0123. The second-order valence-corrected chi connectivity index (χ2v) is 11.9. The van der Waals surface area contributed by atoms with E-state index in [1.165, 1.54) is 6.07 Å². The number of sulfonamides is 1. The van der Waals surface area contributed by atoms with Crippen molar-refractivity contribution in [1.82, 2.24) is 14.3 Å². The normalized spacial score (nSPS) is 15.3. The first kappa shape index (κ1) is 24.5. The predicted octanol–water partition coefficient (Wildman–Crippen LogP) is 4.78. The van der Waals surface area contributed by atoms with Crippen molar-refractivity contribution in [1.29, 1.82) is 0 Å². The van der Waals surface area contributed by atoms with Crippen LogP contribution in [0.2, 0.25) is 0 Å². The van der Waals surface area contributed by atoms with Crippen LogP contribution in [0.25, 0.3) is 22.0 Å². The summed E-state index contributed by atoms with van der Waals surface area (Å²) in [4.78, 5) is 13.3. The Balaban J connectivity index is 1.87. The van der Waals surface area contributed by atoms with E-state index >= 15 is 4.39 Å². The molecule has 11 heteroatoms. The molecule has 0 saturated heterocycles. The summed E-state index contributed by atoms with van der Waals surface area (Å²) in [5.74, 6) is -0.912. The molecule has 184 valence electrons. The van der Waals surface area contributed by atoms with Crippen LogP contribution in [0.3, 0.4) is 0 Å². The summed E-state index contributed by atoms with van der Waals surface area (Å²) in [7, 11) is -3.48. The van der Waals surface area contributed by atoms with Crippen molar-refractivity contribution in [2.75, 3.05) is 0 Å². The van der Waals surface area contributed by atoms with Crippen LogP contribution in [-0.2, 0) is 29.3 Å². The highest BCUT2D eigenvalue weighted by atomic mass is 32.2. The van der Waals surface area contributed by atoms with Crippen LogP contribution in [0.15, 0.2) is 35.3 Å². The summed E-state index contributed by atoms with van der Waals surface area (Å²) in [5.41, 5.74) is -2.30. The number of hydrogen-bond donors (Lipinski definition) is 2. The van der Waals surface area contributed by atoms with E-state index in [9.17, 15) is 26.4 Å². The van der Waals surface area contributed by atoms with Crippen molar-refractivity contribution in [2.45, 2.75) is 58.1 Å². The van der Waals surface area contributed by atoms with E-state index in [0.717, 1.165) is 18.2 Å². The zero-order valence-electron chi connectivity index (χ0n) is 18.9. The highest BCUT2D eigenvalue weighted by Crippen LogP contribution is 2.38. The fourth-order valence-electron chi connectivity index (χ4n) is 3.97. The summed E-state index contributed by atoms with van der Waals surface area (Å²) < 4.78 is 84.9. The molecule has 1 fully saturated rings. The first-order valence-electron chi connectivity index (χ1n) is 10.8. The molecule has 3 aromatic rings. The van der Waals surface area contributed by atoms with Gasteiger partial charge in [0.25, 0.3) is 0 Å². The molecule has 0 atom stereocenters. The summed E-state index contributed by atoms with van der Waals surface area (Å²) in [6.45, 7) is 6.33. The number of nitrogens with zero attached hydrogens (tertiary/aromatic N) is 1. The van der Waals surface area contributed by atoms with Gasteiger partial charge in [-0.05, 0) is 42.0 Å². The van der Waals surface area contributed by atoms with Crippen LogP contribution >= 0.6 is 0 Å². The van der Waals surface area contributed by atoms with Crippen molar-refractivity contribution >= 4 is 20.9 Å². The van der Waals surface area contributed by atoms with Gasteiger partial charge in [-0.15, -0.1) is 0 Å². The van der Waals surface area contributed by atoms with Crippen LogP contribution in [0.4, 0.5) is 17.6 Å². The van der Waals surface area contributed by atoms with Gasteiger partial charge in [0.15, 0.2) is 0 Å². The molecule has 2 N–H and O–H groups in total. The lowest BCUT2D eigenvalue weighted by Crippen LogP contribution is -2.26. The third-order valence-corrected chi connectivity index (χ3v) is 7.51. The number of aromatic nitrogens is 2. The molecule has 2 aromatic heterocycles. The molecule has 0 unspecified atom stereocenters. The van der Waals surface area contributed by atoms with Gasteiger partial charge in [-0.2, -0.15) is 13.2 Å². The maximum Gasteiger partial charge on any atom is 0.431 e. The van der Waals surface area contributed by atoms with Gasteiger partial charge in [0.1, 0.15) is 11.5 Å². The van der Waals surface area contributed by atoms with Crippen LogP contribution in [-0.4, -0.2) is 23.2 Å². The molecule has 0 aliphatic heterocycles. The predicted molar refractivity (Wildman–Crippen MR) is 121 cm³/mol. The van der Waals surface area contributed by atoms with Crippen molar-refractivity contribution in [2.24, 2.45) is 5.41 Å². The van der Waals surface area contributed by atoms with Crippen LogP contribution in [0, 0.1) is 11.2 Å². The zero-order valence-corrected chi connectivity index (χ0v) is 19.7. The summed E-state index contributed by atoms with van der Waals surface area (Å²) in [6, 6.07) is 4.31. The zero-order chi connectivity index (χ0) is 25.1. The van der Waals surface area contributed by atoms with Gasteiger partial charge in [-0.3, -0.25) is 4.79 Å². The number of alkyl halides is 3. The largest absolute Gasteiger partial charge is 0.431 e. The maximum absolute atomic E-state index is 15.2. The van der Waals surface area contributed by atoms with Crippen LogP contribution in [0.1, 0.15) is 44.9 Å². The molecule has 1 saturated carbocycles. The fraction of sp³-hybridized carbons (Fsp3) is 0.435. The monoisotopic (exact) mass is 499 g/mol. The average Bonchev–Trinajstić information content (AvgIpc) is 3.51. The lowest BCUT2D eigenvalue weighted by Gasteiger charge is -2.20. The van der Waals surface area contributed by atoms with Gasteiger partial charge in [0, 0.05) is 47.4 Å². The topological polar surface area (TPSA) is 84.0 Å². The minimum Gasteiger partial charge on any atom is -0.347 e. The molecule has 6 nitrogen and oxygen atoms in total. The molecule has 0 bridgehead atoms. The SMILES string of the molecule is CC(C)(C)Cn1cc(CNS(=O)(=O)C2CC2)c2cc(F)c(-c3ccc(=O)[nH]c3C(F)(F)F)cc21. The molecular weight excluding hydrogens is 474 g/mol. The molecule has 0 radical (unpaired) electrons. The molecule has 1 aromatic carbocycles. The number of H-pyrrole nitrogens is 1. The van der Waals surface area contributed by atoms with E-state index in [2.05, 4.69) is 4.72 Å². The Morgan fingerprint density at radius 2 is 1.79 bits per heavy atom. The highest BCUT2D eigenvalue weighted by Gasteiger charge is 2.37. The van der Waals surface area contributed by atoms with E-state index in [-0.39, 0.29) is 17.5 Å². The molecule has 0 spiro atoms. The third-order valence-electron chi connectivity index (χ3n) is 5.62. The van der Waals surface area contributed by atoms with E-state index in [1.54, 1.807) is 15.7 Å². The van der Waals surface area contributed by atoms with Crippen molar-refractivity contribution in [3.63, 3.8) is 0 Å². The standard InChI is InChI=1S/C23H25F4N3O3S/c1-22(2,3)12-30-11-13(10-28-34(32,33)14-4-5-14)16-8-18(24)17(9-19(16)30)15-6-7-20(31)29-21(15)23(25,26)27/h6-9,11,14,28H,4-5,10,12H2,1-3H3,(H,29,31). The number of aromatic amines is 1. The molecular formula is C23H25F4N3O3S. The molecule has 4 rings (SSSR count). The van der Waals surface area contributed by atoms with Crippen molar-refractivity contribution in [3.05, 3.63) is 57.9 Å². The van der Waals surface area contributed by atoms with Gasteiger partial charge in [-0.1, -0.05) is 20.8 Å². The van der Waals surface area contributed by atoms with Gasteiger partial charge >= 0.3 is 6.18 Å². The quantitative estimate of drug-likeness (QED) is 0.479. The summed E-state index contributed by atoms with van der Waals surface area (Å²) >= 11 is 0. The van der Waals surface area contributed by atoms with E-state index < -0.39 is 44.1 Å². The van der Waals surface area contributed by atoms with Crippen molar-refractivity contribution < 1.29 is 26.0 Å². The fourth-order valence-corrected chi connectivity index (χ4v) is 5.32. The number of hydrogen-bond acceptors (Lipinski definition) is 3. The molecule has 2 heterocycles. The Morgan fingerprint density at radius 3 is 2.38 bits per heavy atom. The van der Waals surface area contributed by atoms with E-state index in [0.29, 0.717) is 35.9 Å². The van der Waals surface area contributed by atoms with Crippen LogP contribution < -0.4 is 10.3 Å². The van der Waals surface area contributed by atoms with Crippen molar-refractivity contribution in [3.8, 4) is 11.1 Å². The molecule has 1 aliphatic carbocycles. The lowest BCUT2D eigenvalue weighted by atomic mass is 9.96. The Bertz CT molecular complexity index is 1410. The van der Waals surface area contributed by atoms with Gasteiger partial charge < -0.3 is 9.55 Å². The molecule has 0 amide bonds. The van der Waals surface area contributed by atoms with Gasteiger partial charge in [-0.25, -0.2) is 17.5 Å². The van der Waals surface area contributed by atoms with Gasteiger partial charge in [0.05, 0.1) is 5.25 Å². The second-order valence-electron chi connectivity index (χ2n) is 9.87. The van der Waals surface area contributed by atoms with E-state index in [1.807, 2.05) is 20.8 Å². The minimum atomic E-state index is -4.89. The Labute approximate surface area is 194 Å². The molecule has 34 heavy (non-hydrogen) atoms. The summed E-state index contributed by atoms with van der Waals surface area (Å²) in [6.07, 6.45) is -2.00. The number of rotatable bonds is 6. The van der Waals surface area contributed by atoms with Gasteiger partial charge in [0.2, 0.25) is 15.6 Å². The highest BCUT2D eigenvalue weighted by molar-refractivity contribution is 7.90. The van der Waals surface area contributed by atoms with Crippen LogP contribution in [0.5, 0.6) is 0 Å².